The molecule has 0 radical (unpaired) electrons. The zero-order valence-electron chi connectivity index (χ0n) is 12.9. The summed E-state index contributed by atoms with van der Waals surface area (Å²) in [6, 6.07) is 5.25. The van der Waals surface area contributed by atoms with Crippen LogP contribution in [0.1, 0.15) is 36.5 Å². The molecule has 1 saturated carbocycles. The summed E-state index contributed by atoms with van der Waals surface area (Å²) in [6.07, 6.45) is -3.80. The van der Waals surface area contributed by atoms with Crippen LogP contribution in [0.15, 0.2) is 29.4 Å². The molecule has 1 fully saturated rings. The number of fused-ring (bicyclic) bond motifs is 1. The van der Waals surface area contributed by atoms with Crippen molar-refractivity contribution < 1.29 is 28.2 Å². The molecule has 1 aromatic carbocycles. The predicted molar refractivity (Wildman–Crippen MR) is 79.2 cm³/mol. The summed E-state index contributed by atoms with van der Waals surface area (Å²) >= 11 is 0. The fourth-order valence-electron chi connectivity index (χ4n) is 3.47. The molecule has 0 spiro atoms. The van der Waals surface area contributed by atoms with Crippen molar-refractivity contribution in [1.29, 1.82) is 0 Å². The lowest BCUT2D eigenvalue weighted by molar-refractivity contribution is -0.312. The van der Waals surface area contributed by atoms with Gasteiger partial charge in [0.1, 0.15) is 5.75 Å². The molecule has 1 amide bonds. The van der Waals surface area contributed by atoms with E-state index in [9.17, 15) is 28.2 Å². The minimum absolute atomic E-state index is 0.101. The summed E-state index contributed by atoms with van der Waals surface area (Å²) in [7, 11) is 0. The number of nitrogens with zero attached hydrogens (tertiary/aromatic N) is 2. The Morgan fingerprint density at radius 2 is 2.00 bits per heavy atom. The van der Waals surface area contributed by atoms with Crippen LogP contribution >= 0.6 is 0 Å². The van der Waals surface area contributed by atoms with Crippen LogP contribution in [0, 0.1) is 11.8 Å². The molecule has 24 heavy (non-hydrogen) atoms. The van der Waals surface area contributed by atoms with Crippen molar-refractivity contribution in [3.8, 4) is 5.75 Å². The van der Waals surface area contributed by atoms with Gasteiger partial charge in [0.25, 0.3) is 11.6 Å². The molecule has 1 aromatic rings. The molecule has 0 aromatic heterocycles. The number of amides is 1. The molecule has 1 heterocycles. The van der Waals surface area contributed by atoms with E-state index in [-0.39, 0.29) is 28.6 Å². The van der Waals surface area contributed by atoms with E-state index in [2.05, 4.69) is 5.10 Å². The summed E-state index contributed by atoms with van der Waals surface area (Å²) < 4.78 is 41.1. The number of aliphatic hydroxyl groups is 1. The Hall–Kier alpha value is -2.09. The van der Waals surface area contributed by atoms with Crippen molar-refractivity contribution in [1.82, 2.24) is 5.01 Å². The maximum absolute atomic E-state index is 13.7. The minimum Gasteiger partial charge on any atom is -0.507 e. The van der Waals surface area contributed by atoms with E-state index in [0.29, 0.717) is 12.8 Å². The highest BCUT2D eigenvalue weighted by molar-refractivity contribution is 6.01. The average molecular weight is 342 g/mol. The number of hydrogen-bond acceptors (Lipinski definition) is 4. The fraction of sp³-hybridized carbons (Fsp3) is 0.500. The molecule has 2 aliphatic rings. The predicted octanol–water partition coefficient (Wildman–Crippen LogP) is 2.89. The Labute approximate surface area is 136 Å². The lowest BCUT2D eigenvalue weighted by Gasteiger charge is -2.39. The number of hydrazone groups is 1. The molecule has 130 valence electrons. The van der Waals surface area contributed by atoms with Gasteiger partial charge in [-0.3, -0.25) is 4.79 Å². The van der Waals surface area contributed by atoms with Crippen LogP contribution in [-0.2, 0) is 0 Å². The average Bonchev–Trinajstić information content (AvgIpc) is 2.83. The third-order valence-corrected chi connectivity index (χ3v) is 4.76. The van der Waals surface area contributed by atoms with Gasteiger partial charge in [0.2, 0.25) is 0 Å². The highest BCUT2D eigenvalue weighted by Gasteiger charge is 2.69. The van der Waals surface area contributed by atoms with Crippen LogP contribution in [-0.4, -0.2) is 38.7 Å². The standard InChI is InChI=1S/C16H17F3N2O3/c1-9-5-4-7-11-13(9)20-21(15(11,24)16(17,18)19)14(23)10-6-2-3-8-12(10)22/h2-3,6,8-9,11,22,24H,4-5,7H2,1H3/t9-,11-,15-/m1/s1. The third-order valence-electron chi connectivity index (χ3n) is 4.76. The zero-order chi connectivity index (χ0) is 17.7. The molecule has 0 saturated heterocycles. The number of aromatic hydroxyl groups is 1. The van der Waals surface area contributed by atoms with Gasteiger partial charge in [0.05, 0.1) is 11.5 Å². The van der Waals surface area contributed by atoms with Gasteiger partial charge < -0.3 is 10.2 Å². The minimum atomic E-state index is -5.07. The first-order valence-corrected chi connectivity index (χ1v) is 7.68. The number of carbonyl (C=O) groups excluding carboxylic acids is 1. The smallest absolute Gasteiger partial charge is 0.439 e. The Morgan fingerprint density at radius 3 is 2.62 bits per heavy atom. The molecule has 1 aliphatic carbocycles. The van der Waals surface area contributed by atoms with E-state index < -0.39 is 29.5 Å². The van der Waals surface area contributed by atoms with Gasteiger partial charge >= 0.3 is 6.18 Å². The first-order chi connectivity index (χ1) is 11.2. The molecule has 2 N–H and O–H groups in total. The van der Waals surface area contributed by atoms with Gasteiger partial charge in [-0.15, -0.1) is 0 Å². The van der Waals surface area contributed by atoms with Gasteiger partial charge in [0.15, 0.2) is 0 Å². The van der Waals surface area contributed by atoms with Crippen molar-refractivity contribution >= 4 is 11.6 Å². The quantitative estimate of drug-likeness (QED) is 0.824. The molecule has 3 atom stereocenters. The molecule has 5 nitrogen and oxygen atoms in total. The second-order valence-electron chi connectivity index (χ2n) is 6.27. The lowest BCUT2D eigenvalue weighted by atomic mass is 9.75. The number of benzene rings is 1. The Morgan fingerprint density at radius 1 is 1.33 bits per heavy atom. The number of phenolic OH excluding ortho intramolecular Hbond substituents is 1. The molecule has 8 heteroatoms. The second kappa shape index (κ2) is 5.47. The van der Waals surface area contributed by atoms with Crippen molar-refractivity contribution in [3.63, 3.8) is 0 Å². The lowest BCUT2D eigenvalue weighted by Crippen LogP contribution is -2.61. The first-order valence-electron chi connectivity index (χ1n) is 7.68. The van der Waals surface area contributed by atoms with E-state index in [4.69, 9.17) is 0 Å². The van der Waals surface area contributed by atoms with E-state index in [1.54, 1.807) is 6.92 Å². The van der Waals surface area contributed by atoms with Crippen LogP contribution in [0.25, 0.3) is 0 Å². The van der Waals surface area contributed by atoms with Gasteiger partial charge in [-0.1, -0.05) is 25.5 Å². The van der Waals surface area contributed by atoms with E-state index in [0.717, 1.165) is 0 Å². The van der Waals surface area contributed by atoms with E-state index >= 15 is 0 Å². The third kappa shape index (κ3) is 2.28. The first kappa shape index (κ1) is 16.8. The molecular formula is C16H17F3N2O3. The Kier molecular flexibility index (Phi) is 3.82. The topological polar surface area (TPSA) is 73.1 Å². The van der Waals surface area contributed by atoms with Crippen molar-refractivity contribution in [3.05, 3.63) is 29.8 Å². The molecule has 0 bridgehead atoms. The van der Waals surface area contributed by atoms with Gasteiger partial charge in [-0.2, -0.15) is 23.3 Å². The Balaban J connectivity index is 2.10. The maximum atomic E-state index is 13.7. The number of halogens is 3. The van der Waals surface area contributed by atoms with Crippen LogP contribution in [0.3, 0.4) is 0 Å². The maximum Gasteiger partial charge on any atom is 0.439 e. The van der Waals surface area contributed by atoms with Gasteiger partial charge in [0, 0.05) is 5.71 Å². The number of carbonyl (C=O) groups is 1. The van der Waals surface area contributed by atoms with Crippen molar-refractivity contribution in [2.45, 2.75) is 38.1 Å². The number of phenols is 1. The van der Waals surface area contributed by atoms with Gasteiger partial charge in [-0.25, -0.2) is 0 Å². The highest BCUT2D eigenvalue weighted by Crippen LogP contribution is 2.49. The largest absolute Gasteiger partial charge is 0.507 e. The zero-order valence-corrected chi connectivity index (χ0v) is 12.9. The van der Waals surface area contributed by atoms with Gasteiger partial charge in [-0.05, 0) is 30.9 Å². The van der Waals surface area contributed by atoms with E-state index in [1.165, 1.54) is 24.3 Å². The second-order valence-corrected chi connectivity index (χ2v) is 6.27. The van der Waals surface area contributed by atoms with Crippen molar-refractivity contribution in [2.24, 2.45) is 16.9 Å². The summed E-state index contributed by atoms with van der Waals surface area (Å²) in [5.41, 5.74) is -3.54. The number of para-hydroxylation sites is 1. The summed E-state index contributed by atoms with van der Waals surface area (Å²) in [5.74, 6) is -3.17. The van der Waals surface area contributed by atoms with Crippen LogP contribution < -0.4 is 0 Å². The summed E-state index contributed by atoms with van der Waals surface area (Å²) in [6.45, 7) is 1.73. The summed E-state index contributed by atoms with van der Waals surface area (Å²) in [4.78, 5) is 12.6. The van der Waals surface area contributed by atoms with Crippen LogP contribution in [0.2, 0.25) is 0 Å². The molecular weight excluding hydrogens is 325 g/mol. The monoisotopic (exact) mass is 342 g/mol. The molecule has 3 rings (SSSR count). The normalized spacial score (nSPS) is 30.0. The highest BCUT2D eigenvalue weighted by atomic mass is 19.4. The number of hydrogen-bond donors (Lipinski definition) is 2. The molecule has 1 aliphatic heterocycles. The van der Waals surface area contributed by atoms with Crippen LogP contribution in [0.4, 0.5) is 13.2 Å². The molecule has 0 unspecified atom stereocenters. The number of rotatable bonds is 1. The summed E-state index contributed by atoms with van der Waals surface area (Å²) in [5, 5.41) is 24.2. The fourth-order valence-corrected chi connectivity index (χ4v) is 3.47. The van der Waals surface area contributed by atoms with E-state index in [1.807, 2.05) is 0 Å². The number of alkyl halides is 3. The Bertz CT molecular complexity index is 704. The van der Waals surface area contributed by atoms with Crippen molar-refractivity contribution in [2.75, 3.05) is 0 Å². The SMILES string of the molecule is C[C@@H]1CCC[C@@H]2C1=NN(C(=O)c1ccccc1O)[C@]2(O)C(F)(F)F. The van der Waals surface area contributed by atoms with Crippen LogP contribution in [0.5, 0.6) is 5.75 Å².